The van der Waals surface area contributed by atoms with Crippen molar-refractivity contribution in [3.05, 3.63) is 143 Å². The van der Waals surface area contributed by atoms with E-state index in [0.29, 0.717) is 14.6 Å². The third-order valence-electron chi connectivity index (χ3n) is 7.06. The molecule has 0 saturated carbocycles. The van der Waals surface area contributed by atoms with E-state index in [-0.39, 0.29) is 49.4 Å². The molecule has 0 amide bonds. The maximum atomic E-state index is 11.9. The SMILES string of the molecule is C1=C[N-]c2c3c(ccc2=C1)=CC=C[N-]3.O[C-](CC(O)C(F)(F)F)c1cccs1.O[C-](CC(O)C(F)(F)F)c1cccs1.O[C-](CC(O)C(F)(F)F)c1cccs1.[Eu]. The molecule has 6 N–H and O–H groups in total. The Morgan fingerprint density at radius 2 is 0.789 bits per heavy atom. The minimum atomic E-state index is -4.69. The van der Waals surface area contributed by atoms with Crippen LogP contribution in [0.25, 0.3) is 22.8 Å². The van der Waals surface area contributed by atoms with Gasteiger partial charge in [0.1, 0.15) is 18.3 Å². The molecule has 57 heavy (non-hydrogen) atoms. The molecule has 3 atom stereocenters. The second kappa shape index (κ2) is 23.3. The Morgan fingerprint density at radius 3 is 1.02 bits per heavy atom. The molecule has 0 saturated heterocycles. The average molecular weight is 1010 g/mol. The summed E-state index contributed by atoms with van der Waals surface area (Å²) in [5.41, 5.74) is 1.95. The van der Waals surface area contributed by atoms with Gasteiger partial charge >= 0.3 is 18.5 Å². The van der Waals surface area contributed by atoms with Gasteiger partial charge in [-0.05, 0) is 45.8 Å². The molecule has 3 unspecified atom stereocenters. The monoisotopic (exact) mass is 1010 g/mol. The molecule has 4 aromatic rings. The van der Waals surface area contributed by atoms with Gasteiger partial charge in [-0.15, -0.1) is 44.2 Å². The first-order chi connectivity index (χ1) is 26.2. The smallest absolute Gasteiger partial charge is 0.413 e. The van der Waals surface area contributed by atoms with Gasteiger partial charge in [0, 0.05) is 49.4 Å². The van der Waals surface area contributed by atoms with Gasteiger partial charge < -0.3 is 41.3 Å². The summed E-state index contributed by atoms with van der Waals surface area (Å²) in [5, 5.41) is 69.5. The summed E-state index contributed by atoms with van der Waals surface area (Å²) in [7, 11) is 0. The quantitative estimate of drug-likeness (QED) is 0.0728. The molecule has 1 aromatic carbocycles. The van der Waals surface area contributed by atoms with E-state index in [1.54, 1.807) is 46.7 Å². The van der Waals surface area contributed by atoms with E-state index < -0.39 is 74.4 Å². The molecule has 6 rings (SSSR count). The summed E-state index contributed by atoms with van der Waals surface area (Å²) in [5.74, 6) is 0. The number of nitrogens with zero attached hydrogens (tertiary/aromatic N) is 2. The van der Waals surface area contributed by atoms with Crippen LogP contribution in [-0.2, 0) is 0 Å². The number of fused-ring (bicyclic) bond motifs is 3. The van der Waals surface area contributed by atoms with Crippen molar-refractivity contribution < 1.29 is 120 Å². The Morgan fingerprint density at radius 1 is 0.509 bits per heavy atom. The van der Waals surface area contributed by atoms with E-state index in [1.165, 1.54) is 18.2 Å². The Bertz CT molecular complexity index is 1730. The van der Waals surface area contributed by atoms with Crippen molar-refractivity contribution in [2.75, 3.05) is 0 Å². The van der Waals surface area contributed by atoms with Crippen LogP contribution in [0.2, 0.25) is 0 Å². The summed E-state index contributed by atoms with van der Waals surface area (Å²) >= 11 is 3.35. The fraction of sp³-hybridized carbons (Fsp3) is 0.250. The summed E-state index contributed by atoms with van der Waals surface area (Å²) < 4.78 is 107. The van der Waals surface area contributed by atoms with Crippen LogP contribution in [0.1, 0.15) is 33.9 Å². The molecular weight excluding hydrogens is 976 g/mol. The number of halogens is 9. The first kappa shape index (κ1) is 50.6. The normalized spacial score (nSPS) is 14.2. The standard InChI is InChI=1S/C12H8N2.3C8H8F3O2S.Eu/c1-3-9-5-6-10-4-2-8-14-12(10)11(9)13-7-1;3*9-8(10,11)7(13)4-5(12)6-2-1-3-14-6;/h1-8H;3*1-3,7,12-13H,4H2;/q-2;3*-1;. The number of hydrogen-bond acceptors (Lipinski definition) is 9. The van der Waals surface area contributed by atoms with E-state index in [9.17, 15) is 54.8 Å². The molecule has 2 aliphatic rings. The van der Waals surface area contributed by atoms with Gasteiger partial charge in [0.2, 0.25) is 0 Å². The number of aliphatic hydroxyl groups is 6. The molecular formula is C36H32EuF9N2O6S3-5. The van der Waals surface area contributed by atoms with Crippen LogP contribution in [-0.4, -0.2) is 67.5 Å². The fourth-order valence-electron chi connectivity index (χ4n) is 4.21. The summed E-state index contributed by atoms with van der Waals surface area (Å²) in [6.07, 6.45) is -13.7. The van der Waals surface area contributed by atoms with Gasteiger partial charge in [-0.3, -0.25) is 0 Å². The predicted octanol–water partition coefficient (Wildman–Crippen LogP) is 9.25. The molecule has 0 spiro atoms. The third kappa shape index (κ3) is 16.9. The van der Waals surface area contributed by atoms with Crippen molar-refractivity contribution in [1.82, 2.24) is 0 Å². The van der Waals surface area contributed by atoms with Gasteiger partial charge in [-0.1, -0.05) is 54.7 Å². The number of hydrogen-bond donors (Lipinski definition) is 6. The largest absolute Gasteiger partial charge is 0.665 e. The molecule has 0 fully saturated rings. The van der Waals surface area contributed by atoms with Crippen LogP contribution in [0, 0.1) is 67.7 Å². The van der Waals surface area contributed by atoms with E-state index >= 15 is 0 Å². The second-order valence-corrected chi connectivity index (χ2v) is 14.1. The summed E-state index contributed by atoms with van der Waals surface area (Å²) in [6.45, 7) is 0. The number of rotatable bonds is 9. The zero-order valence-electron chi connectivity index (χ0n) is 28.8. The summed E-state index contributed by atoms with van der Waals surface area (Å²) in [4.78, 5) is 1.02. The molecule has 5 heterocycles. The van der Waals surface area contributed by atoms with E-state index in [4.69, 9.17) is 15.3 Å². The first-order valence-corrected chi connectivity index (χ1v) is 18.4. The van der Waals surface area contributed by atoms with Crippen LogP contribution >= 0.6 is 34.0 Å². The maximum Gasteiger partial charge on any atom is 0.413 e. The van der Waals surface area contributed by atoms with Crippen molar-refractivity contribution in [1.29, 1.82) is 0 Å². The Kier molecular flexibility index (Phi) is 20.7. The number of benzene rings is 1. The van der Waals surface area contributed by atoms with Gasteiger partial charge in [0.15, 0.2) is 0 Å². The van der Waals surface area contributed by atoms with Gasteiger partial charge in [0.05, 0.1) is 0 Å². The zero-order chi connectivity index (χ0) is 41.7. The van der Waals surface area contributed by atoms with Crippen molar-refractivity contribution in [3.63, 3.8) is 0 Å². The average Bonchev–Trinajstić information content (AvgIpc) is 3.96. The van der Waals surface area contributed by atoms with Crippen molar-refractivity contribution >= 4 is 57.5 Å². The number of aliphatic hydroxyl groups excluding tert-OH is 6. The fourth-order valence-corrected chi connectivity index (χ4v) is 6.25. The van der Waals surface area contributed by atoms with Crippen LogP contribution in [0.3, 0.4) is 0 Å². The van der Waals surface area contributed by atoms with Gasteiger partial charge in [0.25, 0.3) is 0 Å². The Labute approximate surface area is 373 Å². The van der Waals surface area contributed by atoms with E-state index in [1.807, 2.05) is 12.2 Å². The molecule has 21 heteroatoms. The van der Waals surface area contributed by atoms with Gasteiger partial charge in [-0.25, -0.2) is 0 Å². The molecule has 0 bridgehead atoms. The molecule has 2 aliphatic heterocycles. The van der Waals surface area contributed by atoms with Crippen molar-refractivity contribution in [3.8, 4) is 0 Å². The Balaban J connectivity index is 0.000000261. The van der Waals surface area contributed by atoms with E-state index in [2.05, 4.69) is 34.9 Å². The Hall–Kier alpha value is -2.54. The minimum absolute atomic E-state index is 0. The molecule has 1 radical (unpaired) electrons. The second-order valence-electron chi connectivity index (χ2n) is 11.3. The number of thiophene rings is 3. The number of alkyl halides is 9. The number of allylic oxidation sites excluding steroid dienone is 2. The first-order valence-electron chi connectivity index (χ1n) is 15.8. The van der Waals surface area contributed by atoms with Crippen LogP contribution in [0.5, 0.6) is 0 Å². The third-order valence-corrected chi connectivity index (χ3v) is 9.81. The molecule has 0 aliphatic carbocycles. The van der Waals surface area contributed by atoms with Gasteiger partial charge in [-0.2, -0.15) is 104 Å². The molecule has 3 aromatic heterocycles. The van der Waals surface area contributed by atoms with Crippen LogP contribution < -0.4 is 10.4 Å². The van der Waals surface area contributed by atoms with Crippen LogP contribution in [0.4, 0.5) is 50.9 Å². The topological polar surface area (TPSA) is 150 Å². The predicted molar refractivity (Wildman–Crippen MR) is 195 cm³/mol. The van der Waals surface area contributed by atoms with Crippen molar-refractivity contribution in [2.45, 2.75) is 56.1 Å². The maximum absolute atomic E-state index is 11.9. The van der Waals surface area contributed by atoms with Crippen LogP contribution in [0.15, 0.2) is 89.2 Å². The summed E-state index contributed by atoms with van der Waals surface area (Å²) in [6, 6.07) is 13.4. The van der Waals surface area contributed by atoms with E-state index in [0.717, 1.165) is 55.8 Å². The molecule has 315 valence electrons. The van der Waals surface area contributed by atoms with Crippen molar-refractivity contribution in [2.24, 2.45) is 0 Å². The molecule has 8 nitrogen and oxygen atoms in total. The minimum Gasteiger partial charge on any atom is -0.665 e. The zero-order valence-corrected chi connectivity index (χ0v) is 33.6.